The van der Waals surface area contributed by atoms with Gasteiger partial charge in [-0.25, -0.2) is 4.79 Å². The first-order valence-electron chi connectivity index (χ1n) is 7.15. The third-order valence-corrected chi connectivity index (χ3v) is 4.47. The highest BCUT2D eigenvalue weighted by Crippen LogP contribution is 2.30. The number of benzene rings is 1. The Morgan fingerprint density at radius 2 is 2.29 bits per heavy atom. The Kier molecular flexibility index (Phi) is 3.75. The fourth-order valence-corrected chi connectivity index (χ4v) is 3.19. The molecule has 5 nitrogen and oxygen atoms in total. The molecule has 21 heavy (non-hydrogen) atoms. The van der Waals surface area contributed by atoms with Crippen LogP contribution in [0, 0.1) is 11.3 Å². The van der Waals surface area contributed by atoms with Crippen LogP contribution in [0.25, 0.3) is 0 Å². The molecule has 3 rings (SSSR count). The molecule has 2 fully saturated rings. The zero-order valence-electron chi connectivity index (χ0n) is 11.8. The molecule has 2 aliphatic heterocycles. The lowest BCUT2D eigenvalue weighted by atomic mass is 10.1. The number of hydrogen-bond donors (Lipinski definition) is 1. The summed E-state index contributed by atoms with van der Waals surface area (Å²) >= 11 is 5.92. The van der Waals surface area contributed by atoms with Crippen molar-refractivity contribution in [2.75, 3.05) is 24.5 Å². The van der Waals surface area contributed by atoms with Crippen LogP contribution in [0.5, 0.6) is 0 Å². The number of piperazine rings is 1. The number of nitriles is 1. The molecule has 0 saturated carbocycles. The number of nitrogens with zero attached hydrogens (tertiary/aromatic N) is 3. The predicted octanol–water partition coefficient (Wildman–Crippen LogP) is 2.20. The van der Waals surface area contributed by atoms with Gasteiger partial charge in [0.25, 0.3) is 0 Å². The van der Waals surface area contributed by atoms with E-state index in [4.69, 9.17) is 11.6 Å². The molecule has 2 heterocycles. The van der Waals surface area contributed by atoms with Gasteiger partial charge < -0.3 is 10.2 Å². The summed E-state index contributed by atoms with van der Waals surface area (Å²) in [5.41, 5.74) is 1.09. The van der Waals surface area contributed by atoms with Crippen molar-refractivity contribution in [1.29, 1.82) is 5.26 Å². The summed E-state index contributed by atoms with van der Waals surface area (Å²) in [6.07, 6.45) is 1.00. The molecule has 110 valence electrons. The Balaban J connectivity index is 1.89. The van der Waals surface area contributed by atoms with E-state index >= 15 is 0 Å². The fourth-order valence-electron chi connectivity index (χ4n) is 3.01. The molecule has 1 aromatic carbocycles. The molecule has 0 unspecified atom stereocenters. The molecule has 0 aliphatic carbocycles. The molecule has 2 aliphatic rings. The van der Waals surface area contributed by atoms with Gasteiger partial charge in [-0.15, -0.1) is 0 Å². The maximum Gasteiger partial charge on any atom is 0.325 e. The van der Waals surface area contributed by atoms with Crippen LogP contribution < -0.4 is 10.2 Å². The van der Waals surface area contributed by atoms with Crippen molar-refractivity contribution >= 4 is 23.3 Å². The third kappa shape index (κ3) is 2.45. The number of urea groups is 1. The highest BCUT2D eigenvalue weighted by molar-refractivity contribution is 6.30. The van der Waals surface area contributed by atoms with Crippen molar-refractivity contribution in [1.82, 2.24) is 10.2 Å². The molecule has 2 atom stereocenters. The number of rotatable bonds is 2. The van der Waals surface area contributed by atoms with Gasteiger partial charge in [0, 0.05) is 30.7 Å². The lowest BCUT2D eigenvalue weighted by Crippen LogP contribution is -2.55. The third-order valence-electron chi connectivity index (χ3n) is 4.23. The quantitative estimate of drug-likeness (QED) is 0.911. The molecule has 6 heteroatoms. The molecule has 0 radical (unpaired) electrons. The average Bonchev–Trinajstić information content (AvgIpc) is 2.83. The first-order valence-corrected chi connectivity index (χ1v) is 7.53. The molecular formula is C15H17ClN4O. The normalized spacial score (nSPS) is 24.9. The lowest BCUT2D eigenvalue weighted by Gasteiger charge is -2.34. The maximum absolute atomic E-state index is 12.6. The van der Waals surface area contributed by atoms with Crippen LogP contribution in [-0.4, -0.2) is 42.6 Å². The van der Waals surface area contributed by atoms with E-state index in [1.165, 1.54) is 0 Å². The minimum atomic E-state index is -0.0150. The predicted molar refractivity (Wildman–Crippen MR) is 81.5 cm³/mol. The molecule has 2 saturated heterocycles. The Labute approximate surface area is 129 Å². The van der Waals surface area contributed by atoms with Crippen LogP contribution >= 0.6 is 11.6 Å². The van der Waals surface area contributed by atoms with Gasteiger partial charge in [-0.05, 0) is 24.6 Å². The van der Waals surface area contributed by atoms with E-state index in [9.17, 15) is 10.1 Å². The van der Waals surface area contributed by atoms with Crippen LogP contribution in [0.15, 0.2) is 18.2 Å². The summed E-state index contributed by atoms with van der Waals surface area (Å²) in [6.45, 7) is 4.25. The number of hydrogen-bond acceptors (Lipinski definition) is 3. The molecule has 2 amide bonds. The second-order valence-corrected chi connectivity index (χ2v) is 5.92. The SMILES string of the molecule is CC[C@@H]1CN2C(=O)N(c3ccc(Cl)cc3C#N)C[C@@H]2CN1. The van der Waals surface area contributed by atoms with Crippen molar-refractivity contribution in [2.24, 2.45) is 0 Å². The van der Waals surface area contributed by atoms with Crippen molar-refractivity contribution < 1.29 is 4.79 Å². The first kappa shape index (κ1) is 14.2. The minimum Gasteiger partial charge on any atom is -0.317 e. The Bertz CT molecular complexity index is 612. The van der Waals surface area contributed by atoms with Crippen molar-refractivity contribution in [3.05, 3.63) is 28.8 Å². The number of carbonyl (C=O) groups excluding carboxylic acids is 1. The fraction of sp³-hybridized carbons (Fsp3) is 0.467. The Morgan fingerprint density at radius 1 is 1.48 bits per heavy atom. The van der Waals surface area contributed by atoms with Crippen LogP contribution in [0.1, 0.15) is 18.9 Å². The van der Waals surface area contributed by atoms with Gasteiger partial charge in [0.1, 0.15) is 6.07 Å². The van der Waals surface area contributed by atoms with Crippen molar-refractivity contribution in [3.8, 4) is 6.07 Å². The Morgan fingerprint density at radius 3 is 3.00 bits per heavy atom. The molecule has 0 spiro atoms. The van der Waals surface area contributed by atoms with E-state index in [0.29, 0.717) is 28.9 Å². The zero-order valence-corrected chi connectivity index (χ0v) is 12.6. The van der Waals surface area contributed by atoms with Gasteiger partial charge in [0.2, 0.25) is 0 Å². The lowest BCUT2D eigenvalue weighted by molar-refractivity contribution is 0.172. The average molecular weight is 305 g/mol. The van der Waals surface area contributed by atoms with Gasteiger partial charge in [0.05, 0.1) is 17.3 Å². The number of nitrogens with one attached hydrogen (secondary N) is 1. The van der Waals surface area contributed by atoms with Crippen LogP contribution in [0.4, 0.5) is 10.5 Å². The van der Waals surface area contributed by atoms with Gasteiger partial charge in [-0.1, -0.05) is 18.5 Å². The highest BCUT2D eigenvalue weighted by atomic mass is 35.5. The number of anilines is 1. The van der Waals surface area contributed by atoms with Crippen LogP contribution in [0.3, 0.4) is 0 Å². The second-order valence-electron chi connectivity index (χ2n) is 5.49. The molecule has 1 N–H and O–H groups in total. The van der Waals surface area contributed by atoms with Crippen molar-refractivity contribution in [3.63, 3.8) is 0 Å². The van der Waals surface area contributed by atoms with E-state index in [1.54, 1.807) is 23.1 Å². The van der Waals surface area contributed by atoms with E-state index in [2.05, 4.69) is 18.3 Å². The molecule has 0 bridgehead atoms. The largest absolute Gasteiger partial charge is 0.325 e. The summed E-state index contributed by atoms with van der Waals surface area (Å²) in [5.74, 6) is 0. The number of carbonyl (C=O) groups is 1. The maximum atomic E-state index is 12.6. The van der Waals surface area contributed by atoms with Gasteiger partial charge in [0.15, 0.2) is 0 Å². The van der Waals surface area contributed by atoms with Gasteiger partial charge in [-0.3, -0.25) is 4.90 Å². The van der Waals surface area contributed by atoms with E-state index < -0.39 is 0 Å². The van der Waals surface area contributed by atoms with E-state index in [0.717, 1.165) is 19.5 Å². The molecular weight excluding hydrogens is 288 g/mol. The second kappa shape index (κ2) is 5.55. The van der Waals surface area contributed by atoms with Gasteiger partial charge in [-0.2, -0.15) is 5.26 Å². The Hall–Kier alpha value is -1.77. The number of amides is 2. The van der Waals surface area contributed by atoms with Gasteiger partial charge >= 0.3 is 6.03 Å². The first-order chi connectivity index (χ1) is 10.1. The highest BCUT2D eigenvalue weighted by Gasteiger charge is 2.41. The topological polar surface area (TPSA) is 59.4 Å². The monoisotopic (exact) mass is 304 g/mol. The summed E-state index contributed by atoms with van der Waals surface area (Å²) < 4.78 is 0. The van der Waals surface area contributed by atoms with E-state index in [1.807, 2.05) is 4.90 Å². The van der Waals surface area contributed by atoms with Crippen LogP contribution in [-0.2, 0) is 0 Å². The molecule has 0 aromatic heterocycles. The summed E-state index contributed by atoms with van der Waals surface area (Å²) in [4.78, 5) is 16.2. The molecule has 1 aromatic rings. The number of halogens is 1. The standard InChI is InChI=1S/C15H17ClN4O/c1-2-12-8-19-13(7-18-12)9-20(15(19)21)14-4-3-11(16)5-10(14)6-17/h3-5,12-13,18H,2,7-9H2,1H3/t12-,13+/m1/s1. The van der Waals surface area contributed by atoms with E-state index in [-0.39, 0.29) is 12.1 Å². The zero-order chi connectivity index (χ0) is 15.0. The summed E-state index contributed by atoms with van der Waals surface area (Å²) in [7, 11) is 0. The van der Waals surface area contributed by atoms with Crippen molar-refractivity contribution in [2.45, 2.75) is 25.4 Å². The minimum absolute atomic E-state index is 0.0150. The number of fused-ring (bicyclic) bond motifs is 1. The summed E-state index contributed by atoms with van der Waals surface area (Å²) in [6, 6.07) is 7.70. The van der Waals surface area contributed by atoms with Crippen LogP contribution in [0.2, 0.25) is 5.02 Å². The summed E-state index contributed by atoms with van der Waals surface area (Å²) in [5, 5.41) is 13.2. The smallest absolute Gasteiger partial charge is 0.317 e.